The minimum atomic E-state index is 0.227. The molecule has 0 spiro atoms. The number of nitrogens with zero attached hydrogens (tertiary/aromatic N) is 1. The van der Waals surface area contributed by atoms with Crippen molar-refractivity contribution in [2.24, 2.45) is 5.92 Å². The highest BCUT2D eigenvalue weighted by Crippen LogP contribution is 2.35. The van der Waals surface area contributed by atoms with Crippen LogP contribution in [0.4, 0.5) is 5.69 Å². The van der Waals surface area contributed by atoms with Gasteiger partial charge in [-0.15, -0.1) is 0 Å². The quantitative estimate of drug-likeness (QED) is 0.860. The molecule has 20 heavy (non-hydrogen) atoms. The van der Waals surface area contributed by atoms with Gasteiger partial charge in [-0.25, -0.2) is 0 Å². The van der Waals surface area contributed by atoms with Crippen LogP contribution in [0.3, 0.4) is 0 Å². The number of carbonyl (C=O) groups excluding carboxylic acids is 1. The third kappa shape index (κ3) is 2.97. The van der Waals surface area contributed by atoms with E-state index in [4.69, 9.17) is 0 Å². The van der Waals surface area contributed by atoms with E-state index in [0.29, 0.717) is 6.04 Å². The molecule has 0 bridgehead atoms. The van der Waals surface area contributed by atoms with Crippen molar-refractivity contribution in [1.29, 1.82) is 0 Å². The molecule has 0 saturated heterocycles. The molecule has 0 heterocycles. The predicted octanol–water partition coefficient (Wildman–Crippen LogP) is 3.44. The van der Waals surface area contributed by atoms with Crippen molar-refractivity contribution in [2.75, 3.05) is 18.4 Å². The van der Waals surface area contributed by atoms with Crippen molar-refractivity contribution < 1.29 is 4.79 Å². The van der Waals surface area contributed by atoms with Crippen molar-refractivity contribution in [1.82, 2.24) is 4.90 Å². The first-order chi connectivity index (χ1) is 9.69. The molecule has 2 fully saturated rings. The molecule has 0 radical (unpaired) electrons. The van der Waals surface area contributed by atoms with Crippen LogP contribution >= 0.6 is 0 Å². The van der Waals surface area contributed by atoms with E-state index in [1.807, 2.05) is 18.2 Å². The smallest absolute Gasteiger partial charge is 0.254 e. The van der Waals surface area contributed by atoms with Gasteiger partial charge in [-0.05, 0) is 69.2 Å². The molecule has 0 aliphatic heterocycles. The molecule has 0 aromatic heterocycles. The van der Waals surface area contributed by atoms with Gasteiger partial charge in [0, 0.05) is 30.4 Å². The first kappa shape index (κ1) is 13.5. The summed E-state index contributed by atoms with van der Waals surface area (Å²) >= 11 is 0. The maximum absolute atomic E-state index is 12.7. The lowest BCUT2D eigenvalue weighted by molar-refractivity contribution is 0.0734. The normalized spacial score (nSPS) is 17.9. The zero-order valence-corrected chi connectivity index (χ0v) is 12.5. The van der Waals surface area contributed by atoms with Crippen molar-refractivity contribution in [3.05, 3.63) is 29.3 Å². The number of aryl methyl sites for hydroxylation is 1. The van der Waals surface area contributed by atoms with Gasteiger partial charge in [0.2, 0.25) is 0 Å². The van der Waals surface area contributed by atoms with Crippen LogP contribution in [0.2, 0.25) is 0 Å². The number of benzene rings is 1. The Labute approximate surface area is 121 Å². The summed E-state index contributed by atoms with van der Waals surface area (Å²) in [5, 5.41) is 3.32. The van der Waals surface area contributed by atoms with Crippen molar-refractivity contribution >= 4 is 11.6 Å². The lowest BCUT2D eigenvalue weighted by atomic mass is 10.1. The molecule has 108 valence electrons. The number of hydrogen-bond acceptors (Lipinski definition) is 2. The Kier molecular flexibility index (Phi) is 3.68. The third-order valence-electron chi connectivity index (χ3n) is 4.24. The highest BCUT2D eigenvalue weighted by Gasteiger charge is 2.36. The molecule has 0 unspecified atom stereocenters. The van der Waals surface area contributed by atoms with Gasteiger partial charge < -0.3 is 10.2 Å². The fraction of sp³-hybridized carbons (Fsp3) is 0.588. The molecule has 3 heteroatoms. The Hall–Kier alpha value is -1.51. The minimum Gasteiger partial charge on any atom is -0.385 e. The summed E-state index contributed by atoms with van der Waals surface area (Å²) < 4.78 is 0. The number of nitrogens with one attached hydrogen (secondary N) is 1. The fourth-order valence-corrected chi connectivity index (χ4v) is 2.71. The summed E-state index contributed by atoms with van der Waals surface area (Å²) in [6.07, 6.45) is 4.98. The molecule has 2 aliphatic carbocycles. The zero-order valence-electron chi connectivity index (χ0n) is 12.5. The van der Waals surface area contributed by atoms with E-state index in [0.717, 1.165) is 35.8 Å². The predicted molar refractivity (Wildman–Crippen MR) is 82.1 cm³/mol. The van der Waals surface area contributed by atoms with Crippen LogP contribution < -0.4 is 5.32 Å². The molecule has 0 atom stereocenters. The van der Waals surface area contributed by atoms with E-state index >= 15 is 0 Å². The molecule has 1 aromatic carbocycles. The van der Waals surface area contributed by atoms with Crippen LogP contribution in [-0.2, 0) is 0 Å². The maximum Gasteiger partial charge on any atom is 0.254 e. The number of rotatable bonds is 6. The highest BCUT2D eigenvalue weighted by molar-refractivity contribution is 5.95. The Morgan fingerprint density at radius 3 is 2.60 bits per heavy atom. The Morgan fingerprint density at radius 1 is 1.30 bits per heavy atom. The monoisotopic (exact) mass is 272 g/mol. The molecule has 3 rings (SSSR count). The van der Waals surface area contributed by atoms with Gasteiger partial charge in [-0.1, -0.05) is 0 Å². The molecule has 1 aromatic rings. The second-order valence-corrected chi connectivity index (χ2v) is 6.19. The Bertz CT molecular complexity index is 504. The molecule has 1 N–H and O–H groups in total. The van der Waals surface area contributed by atoms with E-state index in [9.17, 15) is 4.79 Å². The van der Waals surface area contributed by atoms with Gasteiger partial charge in [0.05, 0.1) is 0 Å². The van der Waals surface area contributed by atoms with E-state index in [-0.39, 0.29) is 5.91 Å². The van der Waals surface area contributed by atoms with Gasteiger partial charge in [-0.3, -0.25) is 4.79 Å². The summed E-state index contributed by atoms with van der Waals surface area (Å²) in [6.45, 7) is 6.03. The van der Waals surface area contributed by atoms with Gasteiger partial charge in [0.1, 0.15) is 0 Å². The summed E-state index contributed by atoms with van der Waals surface area (Å²) in [5.41, 5.74) is 3.13. The lowest BCUT2D eigenvalue weighted by Crippen LogP contribution is -2.34. The molecule has 1 amide bonds. The second kappa shape index (κ2) is 5.47. The summed E-state index contributed by atoms with van der Waals surface area (Å²) in [6, 6.07) is 6.55. The van der Waals surface area contributed by atoms with Crippen LogP contribution in [-0.4, -0.2) is 29.9 Å². The number of hydrogen-bond donors (Lipinski definition) is 1. The van der Waals surface area contributed by atoms with E-state index < -0.39 is 0 Å². The molecule has 3 nitrogen and oxygen atoms in total. The average molecular weight is 272 g/mol. The van der Waals surface area contributed by atoms with Crippen LogP contribution in [0.15, 0.2) is 18.2 Å². The van der Waals surface area contributed by atoms with Gasteiger partial charge >= 0.3 is 0 Å². The van der Waals surface area contributed by atoms with Crippen LogP contribution in [0.5, 0.6) is 0 Å². The molecular formula is C17H24N2O. The van der Waals surface area contributed by atoms with E-state index in [1.54, 1.807) is 0 Å². The molecule has 2 saturated carbocycles. The number of carbonyl (C=O) groups is 1. The first-order valence-electron chi connectivity index (χ1n) is 7.84. The van der Waals surface area contributed by atoms with Gasteiger partial charge in [-0.2, -0.15) is 0 Å². The fourth-order valence-electron chi connectivity index (χ4n) is 2.71. The van der Waals surface area contributed by atoms with E-state index in [2.05, 4.69) is 24.1 Å². The largest absolute Gasteiger partial charge is 0.385 e. The highest BCUT2D eigenvalue weighted by atomic mass is 16.2. The third-order valence-corrected chi connectivity index (χ3v) is 4.24. The average Bonchev–Trinajstić information content (AvgIpc) is 3.30. The zero-order chi connectivity index (χ0) is 14.1. The summed E-state index contributed by atoms with van der Waals surface area (Å²) in [4.78, 5) is 14.8. The van der Waals surface area contributed by atoms with Crippen molar-refractivity contribution in [3.63, 3.8) is 0 Å². The second-order valence-electron chi connectivity index (χ2n) is 6.19. The topological polar surface area (TPSA) is 32.3 Å². The molecular weight excluding hydrogens is 248 g/mol. The number of anilines is 1. The first-order valence-corrected chi connectivity index (χ1v) is 7.84. The Morgan fingerprint density at radius 2 is 2.05 bits per heavy atom. The molecule has 2 aliphatic rings. The standard InChI is InChI=1S/C17H24N2O/c1-3-18-16-9-6-14(10-12(16)2)17(20)19(15-7-8-15)11-13-4-5-13/h6,9-10,13,15,18H,3-5,7-8,11H2,1-2H3. The van der Waals surface area contributed by atoms with Gasteiger partial charge in [0.25, 0.3) is 5.91 Å². The summed E-state index contributed by atoms with van der Waals surface area (Å²) in [5.74, 6) is 0.993. The van der Waals surface area contributed by atoms with Gasteiger partial charge in [0.15, 0.2) is 0 Å². The van der Waals surface area contributed by atoms with Crippen LogP contribution in [0.1, 0.15) is 48.5 Å². The van der Waals surface area contributed by atoms with E-state index in [1.165, 1.54) is 25.7 Å². The number of amides is 1. The minimum absolute atomic E-state index is 0.227. The van der Waals surface area contributed by atoms with Crippen molar-refractivity contribution in [2.45, 2.75) is 45.6 Å². The Balaban J connectivity index is 1.75. The van der Waals surface area contributed by atoms with Crippen LogP contribution in [0, 0.1) is 12.8 Å². The van der Waals surface area contributed by atoms with Crippen molar-refractivity contribution in [3.8, 4) is 0 Å². The summed E-state index contributed by atoms with van der Waals surface area (Å²) in [7, 11) is 0. The maximum atomic E-state index is 12.7. The van der Waals surface area contributed by atoms with Crippen LogP contribution in [0.25, 0.3) is 0 Å². The SMILES string of the molecule is CCNc1ccc(C(=O)N(CC2CC2)C2CC2)cc1C. The lowest BCUT2D eigenvalue weighted by Gasteiger charge is -2.23.